The molecule has 2 heteroatoms. The van der Waals surface area contributed by atoms with E-state index in [1.54, 1.807) is 0 Å². The van der Waals surface area contributed by atoms with E-state index in [0.29, 0.717) is 0 Å². The number of rotatable bonds is 2. The predicted molar refractivity (Wildman–Crippen MR) is 58.6 cm³/mol. The summed E-state index contributed by atoms with van der Waals surface area (Å²) in [7, 11) is 0. The van der Waals surface area contributed by atoms with Gasteiger partial charge in [-0.3, -0.25) is 0 Å². The summed E-state index contributed by atoms with van der Waals surface area (Å²) < 4.78 is 14.1. The van der Waals surface area contributed by atoms with Crippen molar-refractivity contribution in [2.24, 2.45) is 0 Å². The third-order valence-electron chi connectivity index (χ3n) is 1.91. The van der Waals surface area contributed by atoms with Crippen molar-refractivity contribution in [2.75, 3.05) is 0 Å². The number of hydrogen-bond donors (Lipinski definition) is 0. The van der Waals surface area contributed by atoms with Gasteiger partial charge >= 0.3 is 90.5 Å². The Morgan fingerprint density at radius 1 is 0.643 bits per heavy atom. The molecule has 2 aromatic rings. The standard InChI is InChI=1S/C12H10OTe/c13-14(11-7-3-1-4-8-11)12-9-5-2-6-10-12/h1-10H. The van der Waals surface area contributed by atoms with Gasteiger partial charge in [0.25, 0.3) is 0 Å². The van der Waals surface area contributed by atoms with E-state index in [2.05, 4.69) is 0 Å². The first-order valence-electron chi connectivity index (χ1n) is 4.40. The molecule has 0 aliphatic carbocycles. The zero-order valence-corrected chi connectivity index (χ0v) is 9.92. The molecule has 0 saturated carbocycles. The second-order valence-electron chi connectivity index (χ2n) is 2.89. The third kappa shape index (κ3) is 2.09. The molecule has 70 valence electrons. The Morgan fingerprint density at radius 2 is 1.00 bits per heavy atom. The van der Waals surface area contributed by atoms with Crippen LogP contribution in [0.2, 0.25) is 0 Å². The molecule has 0 aromatic heterocycles. The van der Waals surface area contributed by atoms with Gasteiger partial charge in [0, 0.05) is 0 Å². The van der Waals surface area contributed by atoms with Crippen molar-refractivity contribution in [3.8, 4) is 0 Å². The van der Waals surface area contributed by atoms with E-state index in [1.807, 2.05) is 60.7 Å². The molecule has 14 heavy (non-hydrogen) atoms. The molecule has 0 amide bonds. The van der Waals surface area contributed by atoms with E-state index >= 15 is 0 Å². The van der Waals surface area contributed by atoms with E-state index in [9.17, 15) is 3.10 Å². The molecule has 0 atom stereocenters. The SMILES string of the molecule is O=[Te](c1ccccc1)c1ccccc1. The first kappa shape index (κ1) is 9.58. The zero-order valence-electron chi connectivity index (χ0n) is 7.59. The van der Waals surface area contributed by atoms with Gasteiger partial charge in [0.1, 0.15) is 0 Å². The van der Waals surface area contributed by atoms with Crippen molar-refractivity contribution in [2.45, 2.75) is 0 Å². The number of benzene rings is 2. The fourth-order valence-corrected chi connectivity index (χ4v) is 4.31. The summed E-state index contributed by atoms with van der Waals surface area (Å²) in [5, 5.41) is 0. The van der Waals surface area contributed by atoms with Crippen molar-refractivity contribution in [1.29, 1.82) is 0 Å². The summed E-state index contributed by atoms with van der Waals surface area (Å²) in [6.45, 7) is 0. The van der Waals surface area contributed by atoms with Crippen LogP contribution < -0.4 is 7.22 Å². The molecule has 0 unspecified atom stereocenters. The van der Waals surface area contributed by atoms with Crippen LogP contribution in [0, 0.1) is 0 Å². The van der Waals surface area contributed by atoms with Gasteiger partial charge < -0.3 is 0 Å². The molecule has 2 aromatic carbocycles. The molecule has 0 aliphatic rings. The first-order valence-corrected chi connectivity index (χ1v) is 7.68. The van der Waals surface area contributed by atoms with Crippen LogP contribution in [0.15, 0.2) is 60.7 Å². The molecule has 0 saturated heterocycles. The Hall–Kier alpha value is -0.970. The molecular formula is C12H10OTe. The van der Waals surface area contributed by atoms with Gasteiger partial charge in [-0.2, -0.15) is 0 Å². The second-order valence-corrected chi connectivity index (χ2v) is 7.12. The van der Waals surface area contributed by atoms with Gasteiger partial charge in [0.15, 0.2) is 0 Å². The Labute approximate surface area is 90.4 Å². The van der Waals surface area contributed by atoms with Crippen LogP contribution in [-0.2, 0) is 3.10 Å². The molecule has 1 nitrogen and oxygen atoms in total. The quantitative estimate of drug-likeness (QED) is 0.762. The predicted octanol–water partition coefficient (Wildman–Crippen LogP) is 1.22. The average molecular weight is 298 g/mol. The summed E-state index contributed by atoms with van der Waals surface area (Å²) in [5.74, 6) is 0. The van der Waals surface area contributed by atoms with E-state index in [1.165, 1.54) is 0 Å². The Morgan fingerprint density at radius 3 is 1.36 bits per heavy atom. The van der Waals surface area contributed by atoms with Crippen molar-refractivity contribution < 1.29 is 3.10 Å². The minimum absolute atomic E-state index is 0.988. The summed E-state index contributed by atoms with van der Waals surface area (Å²) in [4.78, 5) is 0. The minimum atomic E-state index is -2.48. The van der Waals surface area contributed by atoms with E-state index in [0.717, 1.165) is 7.22 Å². The topological polar surface area (TPSA) is 17.1 Å². The van der Waals surface area contributed by atoms with Crippen LogP contribution in [-0.4, -0.2) is 19.5 Å². The fourth-order valence-electron chi connectivity index (χ4n) is 1.22. The van der Waals surface area contributed by atoms with Gasteiger partial charge in [-0.15, -0.1) is 0 Å². The second kappa shape index (κ2) is 4.50. The van der Waals surface area contributed by atoms with E-state index in [4.69, 9.17) is 0 Å². The maximum absolute atomic E-state index is 12.1. The summed E-state index contributed by atoms with van der Waals surface area (Å²) >= 11 is -2.48. The number of hydrogen-bond acceptors (Lipinski definition) is 1. The van der Waals surface area contributed by atoms with Crippen molar-refractivity contribution in [3.05, 3.63) is 60.7 Å². The van der Waals surface area contributed by atoms with Crippen LogP contribution in [0.25, 0.3) is 0 Å². The molecule has 0 aliphatic heterocycles. The Bertz CT molecular complexity index is 381. The van der Waals surface area contributed by atoms with Gasteiger partial charge in [-0.05, 0) is 0 Å². The summed E-state index contributed by atoms with van der Waals surface area (Å²) in [5.41, 5.74) is 0. The summed E-state index contributed by atoms with van der Waals surface area (Å²) in [6.07, 6.45) is 0. The third-order valence-corrected chi connectivity index (χ3v) is 5.91. The van der Waals surface area contributed by atoms with Crippen molar-refractivity contribution in [3.63, 3.8) is 0 Å². The zero-order chi connectivity index (χ0) is 9.80. The van der Waals surface area contributed by atoms with Gasteiger partial charge in [-0.1, -0.05) is 0 Å². The molecule has 0 bridgehead atoms. The van der Waals surface area contributed by atoms with Crippen LogP contribution in [0.1, 0.15) is 0 Å². The van der Waals surface area contributed by atoms with Crippen LogP contribution in [0.4, 0.5) is 0 Å². The molecule has 0 spiro atoms. The van der Waals surface area contributed by atoms with Crippen molar-refractivity contribution >= 4 is 26.8 Å². The Kier molecular flexibility index (Phi) is 3.08. The van der Waals surface area contributed by atoms with Crippen molar-refractivity contribution in [1.82, 2.24) is 0 Å². The molecule has 0 fully saturated rings. The average Bonchev–Trinajstić information content (AvgIpc) is 2.30. The van der Waals surface area contributed by atoms with E-state index < -0.39 is 19.5 Å². The van der Waals surface area contributed by atoms with E-state index in [-0.39, 0.29) is 0 Å². The van der Waals surface area contributed by atoms with Crippen LogP contribution in [0.3, 0.4) is 0 Å². The fraction of sp³-hybridized carbons (Fsp3) is 0. The maximum atomic E-state index is 12.1. The molecule has 2 rings (SSSR count). The molecule has 0 heterocycles. The molecule has 0 N–H and O–H groups in total. The summed E-state index contributed by atoms with van der Waals surface area (Å²) in [6, 6.07) is 19.4. The van der Waals surface area contributed by atoms with Crippen LogP contribution >= 0.6 is 0 Å². The Balaban J connectivity index is 2.35. The first-order chi connectivity index (χ1) is 6.88. The molecular weight excluding hydrogens is 288 g/mol. The van der Waals surface area contributed by atoms with Crippen LogP contribution in [0.5, 0.6) is 0 Å². The monoisotopic (exact) mass is 300 g/mol. The van der Waals surface area contributed by atoms with Gasteiger partial charge in [-0.25, -0.2) is 0 Å². The normalized spacial score (nSPS) is 10.4. The molecule has 0 radical (unpaired) electrons. The van der Waals surface area contributed by atoms with Gasteiger partial charge in [0.2, 0.25) is 0 Å². The van der Waals surface area contributed by atoms with Gasteiger partial charge in [0.05, 0.1) is 0 Å².